The van der Waals surface area contributed by atoms with Crippen LogP contribution in [-0.2, 0) is 90.8 Å². The van der Waals surface area contributed by atoms with Gasteiger partial charge in [0.2, 0.25) is 41.4 Å². The quantitative estimate of drug-likeness (QED) is 0.0389. The minimum atomic E-state index is -2.55. The van der Waals surface area contributed by atoms with Gasteiger partial charge in [-0.3, -0.25) is 57.5 Å². The van der Waals surface area contributed by atoms with Gasteiger partial charge in [-0.15, -0.1) is 0 Å². The Kier molecular flexibility index (Phi) is 53.5. The molecule has 35 heteroatoms. The van der Waals surface area contributed by atoms with Crippen LogP contribution in [0.5, 0.6) is 0 Å². The van der Waals surface area contributed by atoms with Crippen LogP contribution in [-0.4, -0.2) is 257 Å². The third-order valence-corrected chi connectivity index (χ3v) is 19.5. The number of alkyl halides is 1. The predicted octanol–water partition coefficient (Wildman–Crippen LogP) is 2.86. The Morgan fingerprint density at radius 1 is 0.491 bits per heavy atom. The van der Waals surface area contributed by atoms with E-state index in [1.54, 1.807) is 0 Å². The molecule has 1 aliphatic heterocycles. The molecule has 0 radical (unpaired) electrons. The lowest BCUT2D eigenvalue weighted by atomic mass is 9.77. The Morgan fingerprint density at radius 3 is 1.54 bits per heavy atom. The second-order valence-corrected chi connectivity index (χ2v) is 28.7. The minimum absolute atomic E-state index is 0.00314. The number of ether oxygens (including phenoxy) is 5. The number of carboxylic acids is 4. The van der Waals surface area contributed by atoms with Gasteiger partial charge in [0.05, 0.1) is 57.8 Å². The lowest BCUT2D eigenvalue weighted by molar-refractivity contribution is -0.243. The van der Waals surface area contributed by atoms with Crippen molar-refractivity contribution in [3.8, 4) is 0 Å². The topological polar surface area (TPSA) is 545 Å². The van der Waals surface area contributed by atoms with Gasteiger partial charge < -0.3 is 102 Å². The second kappa shape index (κ2) is 59.5. The number of hydrogen-bond acceptors (Lipinski definition) is 23. The summed E-state index contributed by atoms with van der Waals surface area (Å²) in [5, 5.41) is 93.7. The molecule has 34 nitrogen and oxygen atoms in total. The number of primary amides is 1. The number of nitrogens with one attached hydrogen (secondary N) is 6. The highest BCUT2D eigenvalue weighted by Crippen LogP contribution is 2.38. The summed E-state index contributed by atoms with van der Waals surface area (Å²) in [6.45, 7) is -2.10. The molecular weight excluding hydrogens is 1450 g/mol. The summed E-state index contributed by atoms with van der Waals surface area (Å²) in [4.78, 5) is 172. The van der Waals surface area contributed by atoms with Crippen molar-refractivity contribution >= 4 is 82.6 Å². The summed E-state index contributed by atoms with van der Waals surface area (Å²) in [5.41, 5.74) is 2.95. The SMILES string of the molecule is NC(=O)C(CCCCNC(=O)CCCCCCC(=O)NCC(=O)C[C@H]1C(C(O)[C@H](O)CO)O[C@@](CF)(C(=O)O)C[C@H]1O)NC(=O)COCCOCCCC(=O)COCCOCCCC(=O)C(CCC(=O)O)NC(=O)CCC(NC(=O)C1CCC(CNC(=O)CCCCCCCCCCCCCCC(=O)O)CC1)C(=O)O. The first-order valence-electron chi connectivity index (χ1n) is 39.3. The van der Waals surface area contributed by atoms with E-state index in [9.17, 15) is 107 Å². The van der Waals surface area contributed by atoms with Crippen molar-refractivity contribution in [1.29, 1.82) is 0 Å². The molecule has 2 fully saturated rings. The summed E-state index contributed by atoms with van der Waals surface area (Å²) in [6.07, 6.45) is 10.3. The van der Waals surface area contributed by atoms with Crippen molar-refractivity contribution in [3.63, 3.8) is 0 Å². The molecule has 0 aromatic heterocycles. The van der Waals surface area contributed by atoms with E-state index in [4.69, 9.17) is 34.5 Å². The van der Waals surface area contributed by atoms with E-state index in [-0.39, 0.29) is 141 Å². The molecule has 0 aromatic carbocycles. The van der Waals surface area contributed by atoms with Gasteiger partial charge in [0, 0.05) is 102 Å². The van der Waals surface area contributed by atoms with Crippen LogP contribution in [0.2, 0.25) is 0 Å². The molecule has 630 valence electrons. The van der Waals surface area contributed by atoms with Crippen molar-refractivity contribution in [3.05, 3.63) is 0 Å². The molecular formula is C75H126FN7O27. The highest BCUT2D eigenvalue weighted by molar-refractivity contribution is 5.91. The maximum absolute atomic E-state index is 13.8. The third kappa shape index (κ3) is 45.9. The molecule has 9 atom stereocenters. The van der Waals surface area contributed by atoms with Crippen LogP contribution in [0.15, 0.2) is 0 Å². The van der Waals surface area contributed by atoms with Crippen LogP contribution in [0, 0.1) is 17.8 Å². The van der Waals surface area contributed by atoms with Gasteiger partial charge in [0.15, 0.2) is 23.0 Å². The van der Waals surface area contributed by atoms with Crippen LogP contribution >= 0.6 is 0 Å². The van der Waals surface area contributed by atoms with E-state index in [0.717, 1.165) is 51.4 Å². The number of aliphatic carboxylic acids is 4. The Labute approximate surface area is 643 Å². The molecule has 0 bridgehead atoms. The van der Waals surface area contributed by atoms with Crippen molar-refractivity contribution in [1.82, 2.24) is 31.9 Å². The zero-order valence-electron chi connectivity index (χ0n) is 63.9. The number of ketones is 3. The number of halogens is 1. The van der Waals surface area contributed by atoms with Gasteiger partial charge in [0.1, 0.15) is 44.2 Å². The fourth-order valence-electron chi connectivity index (χ4n) is 12.9. The predicted molar refractivity (Wildman–Crippen MR) is 393 cm³/mol. The minimum Gasteiger partial charge on any atom is -0.481 e. The van der Waals surface area contributed by atoms with Crippen molar-refractivity contribution in [2.75, 3.05) is 85.8 Å². The van der Waals surface area contributed by atoms with E-state index in [0.29, 0.717) is 90.1 Å². The molecule has 1 saturated heterocycles. The fraction of sp³-hybridized carbons (Fsp3) is 0.813. The zero-order valence-corrected chi connectivity index (χ0v) is 63.9. The number of rotatable bonds is 69. The smallest absolute Gasteiger partial charge is 0.338 e. The van der Waals surface area contributed by atoms with Gasteiger partial charge >= 0.3 is 23.9 Å². The molecule has 5 unspecified atom stereocenters. The summed E-state index contributed by atoms with van der Waals surface area (Å²) in [5.74, 6) is -10.9. The average molecular weight is 1580 g/mol. The number of Topliss-reactive ketones (excluding diaryl/α,β-unsaturated/α-hetero) is 3. The molecule has 1 saturated carbocycles. The third-order valence-electron chi connectivity index (χ3n) is 19.5. The van der Waals surface area contributed by atoms with Crippen LogP contribution < -0.4 is 37.6 Å². The summed E-state index contributed by atoms with van der Waals surface area (Å²) >= 11 is 0. The number of aliphatic hydroxyl groups excluding tert-OH is 4. The van der Waals surface area contributed by atoms with Crippen molar-refractivity contribution < 1.29 is 136 Å². The standard InChI is InChI=1S/C75H126FN7O27/c76-50-75(74(104)105)44-60(88)55(70(110-75)69(99)61(89)47-84)43-54(86)46-80-64(92)26-15-12-11-14-24-62(90)78-36-18-17-22-57(71(77)100)82-66(94)49-109-42-40-106-37-19-21-53(85)48-108-41-39-107-38-20-23-59(87)56(33-35-68(97)98)81-65(93)34-32-58(73(102)103)83-72(101)52-30-28-51(29-31-52)45-79-63(91)25-13-9-7-5-3-1-2-4-6-8-10-16-27-67(95)96/h51-52,55-58,60-61,69-70,84,88-89,99H,1-50H2,(H2,77,100)(H,78,90)(H,79,91)(H,80,92)(H,81,93)(H,82,94)(H,83,101)(H,95,96)(H,97,98)(H,102,103)(H,104,105)/t51?,52?,55-,56?,57?,58?,60-,61-,69?,70?,75+/m1/s1. The zero-order chi connectivity index (χ0) is 81.5. The lowest BCUT2D eigenvalue weighted by Gasteiger charge is -2.46. The number of carboxylic acid groups (broad SMARTS) is 4. The number of aliphatic hydroxyl groups is 4. The fourth-order valence-corrected chi connectivity index (χ4v) is 12.9. The normalized spacial score (nSPS) is 19.0. The monoisotopic (exact) mass is 1580 g/mol. The van der Waals surface area contributed by atoms with E-state index >= 15 is 0 Å². The van der Waals surface area contributed by atoms with Crippen molar-refractivity contribution in [2.24, 2.45) is 23.5 Å². The molecule has 2 aliphatic rings. The maximum Gasteiger partial charge on any atom is 0.338 e. The molecule has 0 aromatic rings. The first-order chi connectivity index (χ1) is 52.6. The molecule has 16 N–H and O–H groups in total. The number of carbonyl (C=O) groups is 14. The van der Waals surface area contributed by atoms with E-state index < -0.39 is 164 Å². The Bertz CT molecular complexity index is 2780. The number of amides is 7. The van der Waals surface area contributed by atoms with Crippen LogP contribution in [0.4, 0.5) is 4.39 Å². The summed E-state index contributed by atoms with van der Waals surface area (Å²) in [7, 11) is 0. The van der Waals surface area contributed by atoms with Crippen LogP contribution in [0.25, 0.3) is 0 Å². The molecule has 1 heterocycles. The molecule has 110 heavy (non-hydrogen) atoms. The maximum atomic E-state index is 13.8. The van der Waals surface area contributed by atoms with E-state index in [1.165, 1.54) is 25.7 Å². The van der Waals surface area contributed by atoms with Gasteiger partial charge in [-0.2, -0.15) is 0 Å². The second-order valence-electron chi connectivity index (χ2n) is 28.7. The summed E-state index contributed by atoms with van der Waals surface area (Å²) < 4.78 is 40.9. The van der Waals surface area contributed by atoms with E-state index in [2.05, 4.69) is 31.9 Å². The Hall–Kier alpha value is -7.25. The highest BCUT2D eigenvalue weighted by atomic mass is 19.1. The molecule has 2 rings (SSSR count). The van der Waals surface area contributed by atoms with Gasteiger partial charge in [-0.05, 0) is 102 Å². The van der Waals surface area contributed by atoms with Crippen LogP contribution in [0.1, 0.15) is 238 Å². The van der Waals surface area contributed by atoms with E-state index in [1.807, 2.05) is 0 Å². The number of carbonyl (C=O) groups excluding carboxylic acids is 10. The molecule has 7 amide bonds. The number of hydrogen-bond donors (Lipinski definition) is 15. The average Bonchev–Trinajstić information content (AvgIpc) is 0.770. The molecule has 1 aliphatic carbocycles. The number of unbranched alkanes of at least 4 members (excludes halogenated alkanes) is 15. The largest absolute Gasteiger partial charge is 0.481 e. The Morgan fingerprint density at radius 2 is 1.00 bits per heavy atom. The van der Waals surface area contributed by atoms with Gasteiger partial charge in [0.25, 0.3) is 0 Å². The van der Waals surface area contributed by atoms with Gasteiger partial charge in [-0.25, -0.2) is 14.0 Å². The van der Waals surface area contributed by atoms with Gasteiger partial charge in [-0.1, -0.05) is 77.0 Å². The van der Waals surface area contributed by atoms with Crippen molar-refractivity contribution in [2.45, 2.75) is 286 Å². The summed E-state index contributed by atoms with van der Waals surface area (Å²) in [6, 6.07) is -3.52. The first kappa shape index (κ1) is 98.8. The van der Waals surface area contributed by atoms with Crippen LogP contribution in [0.3, 0.4) is 0 Å². The highest BCUT2D eigenvalue weighted by Gasteiger charge is 2.55. The first-order valence-corrected chi connectivity index (χ1v) is 39.3. The lowest BCUT2D eigenvalue weighted by Crippen LogP contribution is -2.62. The Balaban J connectivity index is 1.49. The molecule has 0 spiro atoms. The number of nitrogens with two attached hydrogens (primary N) is 1.